The first-order chi connectivity index (χ1) is 7.77. The minimum absolute atomic E-state index is 0.645. The summed E-state index contributed by atoms with van der Waals surface area (Å²) in [5, 5.41) is 1.04. The summed E-state index contributed by atoms with van der Waals surface area (Å²) in [7, 11) is -1.56. The molecule has 1 aromatic rings. The largest absolute Gasteiger partial charge is 0.322 e. The van der Waals surface area contributed by atoms with Crippen molar-refractivity contribution in [2.24, 2.45) is 5.92 Å². The van der Waals surface area contributed by atoms with Crippen LogP contribution in [-0.4, -0.2) is 6.16 Å². The molecule has 0 aliphatic rings. The fourth-order valence-electron chi connectivity index (χ4n) is 1.95. The second-order valence-electron chi connectivity index (χ2n) is 4.41. The van der Waals surface area contributed by atoms with Gasteiger partial charge in [0.2, 0.25) is 0 Å². The van der Waals surface area contributed by atoms with Crippen molar-refractivity contribution in [3.05, 3.63) is 30.3 Å². The summed E-state index contributed by atoms with van der Waals surface area (Å²) in [6.07, 6.45) is 5.79. The average molecular weight is 238 g/mol. The lowest BCUT2D eigenvalue weighted by molar-refractivity contribution is 0.489. The molecule has 90 valence electrons. The highest BCUT2D eigenvalue weighted by molar-refractivity contribution is 7.53. The van der Waals surface area contributed by atoms with Crippen molar-refractivity contribution in [1.82, 2.24) is 0 Å². The first-order valence-corrected chi connectivity index (χ1v) is 7.97. The summed E-state index contributed by atoms with van der Waals surface area (Å²) in [4.78, 5) is 0. The maximum atomic E-state index is 12.2. The highest BCUT2D eigenvalue weighted by Gasteiger charge is 2.11. The fraction of sp³-hybridized carbons (Fsp3) is 0.571. The zero-order valence-electron chi connectivity index (χ0n) is 10.4. The van der Waals surface area contributed by atoms with Gasteiger partial charge in [-0.15, -0.1) is 0 Å². The van der Waals surface area contributed by atoms with Crippen molar-refractivity contribution in [1.29, 1.82) is 0 Å². The van der Waals surface area contributed by atoms with Crippen molar-refractivity contribution < 1.29 is 4.57 Å². The number of hydrogen-bond donors (Lipinski definition) is 0. The molecule has 1 aromatic carbocycles. The molecule has 0 aliphatic carbocycles. The third kappa shape index (κ3) is 4.53. The van der Waals surface area contributed by atoms with Crippen LogP contribution in [0.4, 0.5) is 0 Å². The van der Waals surface area contributed by atoms with Gasteiger partial charge in [-0.25, -0.2) is 0 Å². The van der Waals surface area contributed by atoms with Crippen molar-refractivity contribution in [2.75, 3.05) is 6.16 Å². The molecule has 0 spiro atoms. The first-order valence-electron chi connectivity index (χ1n) is 6.36. The van der Waals surface area contributed by atoms with Gasteiger partial charge < -0.3 is 4.57 Å². The molecule has 0 fully saturated rings. The van der Waals surface area contributed by atoms with E-state index in [4.69, 9.17) is 0 Å². The van der Waals surface area contributed by atoms with Gasteiger partial charge in [-0.2, -0.15) is 0 Å². The number of benzene rings is 1. The van der Waals surface area contributed by atoms with E-state index in [1.165, 1.54) is 19.3 Å². The Labute approximate surface area is 100 Å². The lowest BCUT2D eigenvalue weighted by Crippen LogP contribution is -2.06. The predicted molar refractivity (Wildman–Crippen MR) is 73.3 cm³/mol. The van der Waals surface area contributed by atoms with Crippen LogP contribution in [0, 0.1) is 5.92 Å². The highest BCUT2D eigenvalue weighted by Crippen LogP contribution is 2.27. The fourth-order valence-corrected chi connectivity index (χ4v) is 3.76. The molecule has 0 aromatic heterocycles. The minimum atomic E-state index is -1.56. The minimum Gasteiger partial charge on any atom is -0.322 e. The van der Waals surface area contributed by atoms with Gasteiger partial charge in [-0.3, -0.25) is 0 Å². The van der Waals surface area contributed by atoms with Crippen molar-refractivity contribution in [2.45, 2.75) is 39.5 Å². The monoisotopic (exact) mass is 238 g/mol. The van der Waals surface area contributed by atoms with Crippen LogP contribution in [0.3, 0.4) is 0 Å². The predicted octanol–water partition coefficient (Wildman–Crippen LogP) is 4.09. The van der Waals surface area contributed by atoms with Crippen LogP contribution >= 0.6 is 7.80 Å². The van der Waals surface area contributed by atoms with Crippen molar-refractivity contribution in [3.8, 4) is 0 Å². The second-order valence-corrected chi connectivity index (χ2v) is 6.24. The molecule has 2 atom stereocenters. The Bertz CT molecular complexity index is 308. The van der Waals surface area contributed by atoms with E-state index in [2.05, 4.69) is 13.8 Å². The number of rotatable bonds is 7. The molecule has 0 N–H and O–H groups in total. The quantitative estimate of drug-likeness (QED) is 0.654. The lowest BCUT2D eigenvalue weighted by Gasteiger charge is -2.13. The molecule has 16 heavy (non-hydrogen) atoms. The average Bonchev–Trinajstić information content (AvgIpc) is 2.35. The Kier molecular flexibility index (Phi) is 6.49. The van der Waals surface area contributed by atoms with E-state index in [9.17, 15) is 4.57 Å². The van der Waals surface area contributed by atoms with Crippen LogP contribution in [0.2, 0.25) is 0 Å². The van der Waals surface area contributed by atoms with Gasteiger partial charge in [0.25, 0.3) is 0 Å². The SMILES string of the molecule is CCCCC(CC)C[PH](=O)c1ccccc1. The van der Waals surface area contributed by atoms with Crippen LogP contribution < -0.4 is 5.30 Å². The normalized spacial score (nSPS) is 14.6. The summed E-state index contributed by atoms with van der Waals surface area (Å²) < 4.78 is 12.2. The standard InChI is InChI=1S/C14H23OP/c1-3-5-9-13(4-2)12-16(15)14-10-7-6-8-11-14/h6-8,10-11,13,16H,3-5,9,12H2,1-2H3. The van der Waals surface area contributed by atoms with Gasteiger partial charge in [0, 0.05) is 11.5 Å². The molecule has 0 amide bonds. The molecular formula is C14H23OP. The maximum absolute atomic E-state index is 12.2. The van der Waals surface area contributed by atoms with Crippen LogP contribution in [0.15, 0.2) is 30.3 Å². The molecule has 0 bridgehead atoms. The molecule has 0 radical (unpaired) electrons. The van der Waals surface area contributed by atoms with Crippen molar-refractivity contribution >= 4 is 13.1 Å². The topological polar surface area (TPSA) is 17.1 Å². The van der Waals surface area contributed by atoms with Gasteiger partial charge in [0.1, 0.15) is 7.80 Å². The van der Waals surface area contributed by atoms with Gasteiger partial charge in [0.05, 0.1) is 0 Å². The molecule has 1 nitrogen and oxygen atoms in total. The molecule has 0 heterocycles. The Balaban J connectivity index is 2.49. The zero-order valence-corrected chi connectivity index (χ0v) is 11.4. The van der Waals surface area contributed by atoms with E-state index < -0.39 is 7.80 Å². The van der Waals surface area contributed by atoms with E-state index in [0.717, 1.165) is 17.9 Å². The van der Waals surface area contributed by atoms with Gasteiger partial charge in [-0.05, 0) is 5.92 Å². The Morgan fingerprint density at radius 1 is 1.19 bits per heavy atom. The Morgan fingerprint density at radius 3 is 2.44 bits per heavy atom. The molecular weight excluding hydrogens is 215 g/mol. The van der Waals surface area contributed by atoms with E-state index in [-0.39, 0.29) is 0 Å². The van der Waals surface area contributed by atoms with Crippen LogP contribution in [0.5, 0.6) is 0 Å². The molecule has 2 unspecified atom stereocenters. The summed E-state index contributed by atoms with van der Waals surface area (Å²) >= 11 is 0. The van der Waals surface area contributed by atoms with E-state index in [0.29, 0.717) is 5.92 Å². The number of unbranched alkanes of at least 4 members (excludes halogenated alkanes) is 1. The second kappa shape index (κ2) is 7.68. The summed E-state index contributed by atoms with van der Waals surface area (Å²) in [5.74, 6) is 0.645. The van der Waals surface area contributed by atoms with Gasteiger partial charge in [0.15, 0.2) is 0 Å². The first kappa shape index (κ1) is 13.5. The lowest BCUT2D eigenvalue weighted by atomic mass is 10.0. The molecule has 0 saturated heterocycles. The van der Waals surface area contributed by atoms with Gasteiger partial charge in [-0.1, -0.05) is 69.9 Å². The van der Waals surface area contributed by atoms with Crippen LogP contribution in [0.1, 0.15) is 39.5 Å². The Hall–Kier alpha value is -0.550. The molecule has 0 aliphatic heterocycles. The third-order valence-electron chi connectivity index (χ3n) is 3.11. The molecule has 1 rings (SSSR count). The Morgan fingerprint density at radius 2 is 1.88 bits per heavy atom. The van der Waals surface area contributed by atoms with Gasteiger partial charge >= 0.3 is 0 Å². The van der Waals surface area contributed by atoms with Crippen LogP contribution in [-0.2, 0) is 4.57 Å². The van der Waals surface area contributed by atoms with E-state index >= 15 is 0 Å². The maximum Gasteiger partial charge on any atom is 0.104 e. The summed E-state index contributed by atoms with van der Waals surface area (Å²) in [6, 6.07) is 9.92. The molecule has 2 heteroatoms. The summed E-state index contributed by atoms with van der Waals surface area (Å²) in [6.45, 7) is 4.42. The van der Waals surface area contributed by atoms with Crippen molar-refractivity contribution in [3.63, 3.8) is 0 Å². The number of hydrogen-bond acceptors (Lipinski definition) is 1. The van der Waals surface area contributed by atoms with E-state index in [1.54, 1.807) is 0 Å². The zero-order chi connectivity index (χ0) is 11.8. The third-order valence-corrected chi connectivity index (χ3v) is 5.04. The summed E-state index contributed by atoms with van der Waals surface area (Å²) in [5.41, 5.74) is 0. The smallest absolute Gasteiger partial charge is 0.104 e. The highest BCUT2D eigenvalue weighted by atomic mass is 31.1. The van der Waals surface area contributed by atoms with E-state index in [1.807, 2.05) is 30.3 Å². The molecule has 0 saturated carbocycles. The van der Waals surface area contributed by atoms with Crippen LogP contribution in [0.25, 0.3) is 0 Å².